The van der Waals surface area contributed by atoms with Gasteiger partial charge in [-0.25, -0.2) is 4.79 Å². The minimum atomic E-state index is -0.959. The summed E-state index contributed by atoms with van der Waals surface area (Å²) < 4.78 is 6.52. The highest BCUT2D eigenvalue weighted by molar-refractivity contribution is 5.91. The van der Waals surface area contributed by atoms with E-state index in [-0.39, 0.29) is 24.3 Å². The van der Waals surface area contributed by atoms with Gasteiger partial charge in [0.25, 0.3) is 0 Å². The number of aromatic nitrogens is 2. The van der Waals surface area contributed by atoms with Crippen LogP contribution in [0, 0.1) is 0 Å². The average molecular weight is 344 g/mol. The molecule has 0 saturated carbocycles. The van der Waals surface area contributed by atoms with E-state index in [1.54, 1.807) is 27.0 Å². The first-order valence-corrected chi connectivity index (χ1v) is 8.17. The Hall–Kier alpha value is -2.67. The summed E-state index contributed by atoms with van der Waals surface area (Å²) >= 11 is 0. The van der Waals surface area contributed by atoms with E-state index in [2.05, 4.69) is 10.4 Å². The predicted octanol–water partition coefficient (Wildman–Crippen LogP) is 2.21. The van der Waals surface area contributed by atoms with Crippen LogP contribution in [0.4, 0.5) is 5.69 Å². The summed E-state index contributed by atoms with van der Waals surface area (Å²) in [6.07, 6.45) is 3.24. The van der Waals surface area contributed by atoms with Crippen LogP contribution < -0.4 is 11.1 Å². The minimum absolute atomic E-state index is 0.149. The van der Waals surface area contributed by atoms with Crippen molar-refractivity contribution in [3.8, 4) is 0 Å². The summed E-state index contributed by atoms with van der Waals surface area (Å²) in [5, 5.41) is 6.90. The van der Waals surface area contributed by atoms with Crippen molar-refractivity contribution in [3.63, 3.8) is 0 Å². The Morgan fingerprint density at radius 2 is 2.00 bits per heavy atom. The number of hydrogen-bond donors (Lipinski definition) is 2. The van der Waals surface area contributed by atoms with Gasteiger partial charge in [-0.1, -0.05) is 30.3 Å². The number of nitrogens with zero attached hydrogens (tertiary/aromatic N) is 2. The Bertz CT molecular complexity index is 725. The number of benzene rings is 1. The first-order valence-electron chi connectivity index (χ1n) is 8.17. The van der Waals surface area contributed by atoms with Crippen molar-refractivity contribution < 1.29 is 14.3 Å². The van der Waals surface area contributed by atoms with E-state index in [1.165, 1.54) is 10.9 Å². The van der Waals surface area contributed by atoms with Gasteiger partial charge in [0.15, 0.2) is 5.54 Å². The first-order chi connectivity index (χ1) is 11.8. The Kier molecular flexibility index (Phi) is 5.93. The maximum Gasteiger partial charge on any atom is 0.333 e. The maximum atomic E-state index is 12.2. The fourth-order valence-corrected chi connectivity index (χ4v) is 2.32. The number of esters is 1. The third kappa shape index (κ3) is 4.67. The Balaban J connectivity index is 1.98. The average Bonchev–Trinajstić information content (AvgIpc) is 3.05. The van der Waals surface area contributed by atoms with Crippen LogP contribution in [-0.2, 0) is 19.9 Å². The van der Waals surface area contributed by atoms with Gasteiger partial charge in [-0.2, -0.15) is 5.10 Å². The van der Waals surface area contributed by atoms with Gasteiger partial charge in [-0.15, -0.1) is 0 Å². The number of ether oxygens (including phenoxy) is 1. The van der Waals surface area contributed by atoms with Gasteiger partial charge in [0.05, 0.1) is 18.5 Å². The zero-order valence-electron chi connectivity index (χ0n) is 14.7. The van der Waals surface area contributed by atoms with Crippen LogP contribution >= 0.6 is 0 Å². The molecule has 0 aliphatic carbocycles. The molecule has 2 aromatic rings. The fraction of sp³-hybridized carbons (Fsp3) is 0.389. The zero-order chi connectivity index (χ0) is 18.4. The van der Waals surface area contributed by atoms with Crippen molar-refractivity contribution in [1.29, 1.82) is 0 Å². The van der Waals surface area contributed by atoms with Crippen LogP contribution in [-0.4, -0.2) is 28.3 Å². The number of amides is 1. The monoisotopic (exact) mass is 344 g/mol. The molecule has 0 aliphatic heterocycles. The molecule has 1 aromatic heterocycles. The molecule has 0 spiro atoms. The van der Waals surface area contributed by atoms with Gasteiger partial charge in [-0.05, 0) is 26.3 Å². The summed E-state index contributed by atoms with van der Waals surface area (Å²) in [5.41, 5.74) is 6.50. The van der Waals surface area contributed by atoms with E-state index < -0.39 is 5.54 Å². The number of anilines is 1. The molecule has 25 heavy (non-hydrogen) atoms. The van der Waals surface area contributed by atoms with Crippen molar-refractivity contribution in [2.75, 3.05) is 11.9 Å². The molecular formula is C18H24N4O3. The molecule has 7 heteroatoms. The second-order valence-electron chi connectivity index (χ2n) is 6.22. The van der Waals surface area contributed by atoms with E-state index in [4.69, 9.17) is 10.5 Å². The van der Waals surface area contributed by atoms with Gasteiger partial charge >= 0.3 is 5.97 Å². The van der Waals surface area contributed by atoms with Gasteiger partial charge in [0, 0.05) is 18.7 Å². The van der Waals surface area contributed by atoms with Crippen molar-refractivity contribution >= 4 is 17.6 Å². The van der Waals surface area contributed by atoms with E-state index in [0.717, 1.165) is 5.56 Å². The lowest BCUT2D eigenvalue weighted by Gasteiger charge is -2.22. The van der Waals surface area contributed by atoms with E-state index in [1.807, 2.05) is 30.3 Å². The lowest BCUT2D eigenvalue weighted by Crippen LogP contribution is -2.37. The highest BCUT2D eigenvalue weighted by atomic mass is 16.5. The quantitative estimate of drug-likeness (QED) is 0.750. The number of hydrogen-bond acceptors (Lipinski definition) is 5. The lowest BCUT2D eigenvalue weighted by atomic mass is 10.0. The second-order valence-corrected chi connectivity index (χ2v) is 6.22. The molecule has 1 atom stereocenters. The largest absolute Gasteiger partial charge is 0.464 e. The predicted molar refractivity (Wildman–Crippen MR) is 94.8 cm³/mol. The number of nitrogens with two attached hydrogens (primary N) is 1. The standard InChI is InChI=1S/C18H24N4O3/c1-4-25-17(24)18(2,3)22-12-14(11-20-22)21-16(23)10-15(19)13-8-6-5-7-9-13/h5-9,11-12,15H,4,10,19H2,1-3H3,(H,21,23). The molecule has 134 valence electrons. The summed E-state index contributed by atoms with van der Waals surface area (Å²) in [5.74, 6) is -0.605. The van der Waals surface area contributed by atoms with Gasteiger partial charge < -0.3 is 15.8 Å². The third-order valence-corrected chi connectivity index (χ3v) is 3.85. The molecule has 1 amide bonds. The van der Waals surface area contributed by atoms with Crippen LogP contribution in [0.25, 0.3) is 0 Å². The molecule has 2 rings (SSSR count). The van der Waals surface area contributed by atoms with E-state index in [0.29, 0.717) is 12.3 Å². The fourth-order valence-electron chi connectivity index (χ4n) is 2.32. The molecule has 1 aromatic carbocycles. The third-order valence-electron chi connectivity index (χ3n) is 3.85. The molecule has 1 unspecified atom stereocenters. The van der Waals surface area contributed by atoms with Crippen molar-refractivity contribution in [3.05, 3.63) is 48.3 Å². The van der Waals surface area contributed by atoms with Crippen molar-refractivity contribution in [2.45, 2.75) is 38.8 Å². The van der Waals surface area contributed by atoms with Crippen LogP contribution in [0.1, 0.15) is 38.8 Å². The summed E-state index contributed by atoms with van der Waals surface area (Å²) in [4.78, 5) is 24.2. The Labute approximate surface area is 147 Å². The van der Waals surface area contributed by atoms with Crippen molar-refractivity contribution in [1.82, 2.24) is 9.78 Å². The maximum absolute atomic E-state index is 12.2. The molecule has 3 N–H and O–H groups in total. The molecule has 0 aliphatic rings. The lowest BCUT2D eigenvalue weighted by molar-refractivity contribution is -0.152. The summed E-state index contributed by atoms with van der Waals surface area (Å²) in [6, 6.07) is 9.06. The summed E-state index contributed by atoms with van der Waals surface area (Å²) in [7, 11) is 0. The number of rotatable bonds is 7. The SMILES string of the molecule is CCOC(=O)C(C)(C)n1cc(NC(=O)CC(N)c2ccccc2)cn1. The minimum Gasteiger partial charge on any atom is -0.464 e. The molecule has 0 radical (unpaired) electrons. The summed E-state index contributed by atoms with van der Waals surface area (Å²) in [6.45, 7) is 5.45. The zero-order valence-corrected chi connectivity index (χ0v) is 14.7. The highest BCUT2D eigenvalue weighted by Crippen LogP contribution is 2.20. The Morgan fingerprint density at radius 3 is 2.64 bits per heavy atom. The van der Waals surface area contributed by atoms with Gasteiger partial charge in [0.1, 0.15) is 0 Å². The number of carbonyl (C=O) groups is 2. The smallest absolute Gasteiger partial charge is 0.333 e. The molecule has 0 bridgehead atoms. The van der Waals surface area contributed by atoms with E-state index in [9.17, 15) is 9.59 Å². The molecule has 0 fully saturated rings. The van der Waals surface area contributed by atoms with Crippen molar-refractivity contribution in [2.24, 2.45) is 5.73 Å². The van der Waals surface area contributed by atoms with Crippen LogP contribution in [0.3, 0.4) is 0 Å². The number of nitrogens with one attached hydrogen (secondary N) is 1. The molecular weight excluding hydrogens is 320 g/mol. The van der Waals surface area contributed by atoms with Gasteiger partial charge in [-0.3, -0.25) is 9.48 Å². The normalized spacial score (nSPS) is 12.5. The molecule has 0 saturated heterocycles. The van der Waals surface area contributed by atoms with Gasteiger partial charge in [0.2, 0.25) is 5.91 Å². The topological polar surface area (TPSA) is 99.2 Å². The molecule has 1 heterocycles. The first kappa shape index (κ1) is 18.7. The van der Waals surface area contributed by atoms with Crippen LogP contribution in [0.2, 0.25) is 0 Å². The van der Waals surface area contributed by atoms with E-state index >= 15 is 0 Å². The Morgan fingerprint density at radius 1 is 1.32 bits per heavy atom. The number of carbonyl (C=O) groups excluding carboxylic acids is 2. The second kappa shape index (κ2) is 7.94. The van der Waals surface area contributed by atoms with Crippen LogP contribution in [0.5, 0.6) is 0 Å². The highest BCUT2D eigenvalue weighted by Gasteiger charge is 2.32. The molecule has 7 nitrogen and oxygen atoms in total. The van der Waals surface area contributed by atoms with Crippen LogP contribution in [0.15, 0.2) is 42.7 Å².